The molecule has 2 aromatic heterocycles. The van der Waals surface area contributed by atoms with Crippen molar-refractivity contribution in [2.24, 2.45) is 0 Å². The number of nitrogens with zero attached hydrogens (tertiary/aromatic N) is 3. The van der Waals surface area contributed by atoms with Gasteiger partial charge in [0.25, 0.3) is 5.89 Å². The van der Waals surface area contributed by atoms with Crippen LogP contribution in [0.2, 0.25) is 0 Å². The van der Waals surface area contributed by atoms with E-state index in [2.05, 4.69) is 22.0 Å². The highest BCUT2D eigenvalue weighted by Crippen LogP contribution is 2.19. The number of thioether (sulfide) groups is 1. The number of nitrogen functional groups attached to an aromatic ring is 1. The van der Waals surface area contributed by atoms with Gasteiger partial charge in [0.2, 0.25) is 0 Å². The normalized spacial score (nSPS) is 10.6. The van der Waals surface area contributed by atoms with Crippen molar-refractivity contribution < 1.29 is 4.52 Å². The van der Waals surface area contributed by atoms with Crippen LogP contribution in [-0.2, 0) is 5.75 Å². The smallest absolute Gasteiger partial charge is 0.259 e. The molecular weight excluding hydrogens is 236 g/mol. The van der Waals surface area contributed by atoms with Crippen LogP contribution in [0.3, 0.4) is 0 Å². The van der Waals surface area contributed by atoms with Crippen LogP contribution in [0.5, 0.6) is 0 Å². The molecular formula is C11H14N4OS. The van der Waals surface area contributed by atoms with Gasteiger partial charge in [-0.15, -0.1) is 0 Å². The van der Waals surface area contributed by atoms with Crippen LogP contribution in [0, 0.1) is 0 Å². The first-order chi connectivity index (χ1) is 8.29. The van der Waals surface area contributed by atoms with E-state index in [9.17, 15) is 0 Å². The maximum absolute atomic E-state index is 5.64. The molecule has 17 heavy (non-hydrogen) atoms. The Hall–Kier alpha value is -1.56. The van der Waals surface area contributed by atoms with Crippen molar-refractivity contribution >= 4 is 17.4 Å². The molecule has 2 aromatic rings. The van der Waals surface area contributed by atoms with Gasteiger partial charge in [-0.1, -0.05) is 12.1 Å². The van der Waals surface area contributed by atoms with Gasteiger partial charge in [-0.05, 0) is 18.2 Å². The number of anilines is 1. The average molecular weight is 250 g/mol. The second-order valence-electron chi connectivity index (χ2n) is 3.58. The highest BCUT2D eigenvalue weighted by molar-refractivity contribution is 7.98. The molecule has 2 rings (SSSR count). The molecule has 2 N–H and O–H groups in total. The number of rotatable bonds is 5. The molecule has 0 aliphatic carbocycles. The molecule has 0 aliphatic heterocycles. The third kappa shape index (κ3) is 3.20. The lowest BCUT2D eigenvalue weighted by Gasteiger charge is -1.94. The molecule has 5 nitrogen and oxygen atoms in total. The van der Waals surface area contributed by atoms with Gasteiger partial charge in [-0.25, -0.2) is 0 Å². The molecule has 0 saturated heterocycles. The molecule has 0 bridgehead atoms. The van der Waals surface area contributed by atoms with Crippen molar-refractivity contribution in [3.8, 4) is 11.5 Å². The van der Waals surface area contributed by atoms with Gasteiger partial charge in [-0.3, -0.25) is 4.98 Å². The van der Waals surface area contributed by atoms with Gasteiger partial charge in [0, 0.05) is 12.4 Å². The zero-order chi connectivity index (χ0) is 12.1. The van der Waals surface area contributed by atoms with Crippen LogP contribution in [0.1, 0.15) is 19.2 Å². The van der Waals surface area contributed by atoms with E-state index in [4.69, 9.17) is 10.3 Å². The molecule has 6 heteroatoms. The van der Waals surface area contributed by atoms with Gasteiger partial charge in [-0.2, -0.15) is 16.7 Å². The minimum Gasteiger partial charge on any atom is -0.397 e. The minimum absolute atomic E-state index is 0.469. The zero-order valence-corrected chi connectivity index (χ0v) is 10.4. The summed E-state index contributed by atoms with van der Waals surface area (Å²) in [6.45, 7) is 2.15. The van der Waals surface area contributed by atoms with Crippen LogP contribution >= 0.6 is 11.8 Å². The van der Waals surface area contributed by atoms with Gasteiger partial charge >= 0.3 is 0 Å². The van der Waals surface area contributed by atoms with E-state index in [1.54, 1.807) is 30.2 Å². The molecule has 0 unspecified atom stereocenters. The van der Waals surface area contributed by atoms with E-state index < -0.39 is 0 Å². The predicted molar refractivity (Wildman–Crippen MR) is 68.4 cm³/mol. The summed E-state index contributed by atoms with van der Waals surface area (Å²) < 4.78 is 5.17. The lowest BCUT2D eigenvalue weighted by Crippen LogP contribution is -1.88. The van der Waals surface area contributed by atoms with E-state index in [0.717, 1.165) is 23.5 Å². The largest absolute Gasteiger partial charge is 0.397 e. The van der Waals surface area contributed by atoms with Crippen molar-refractivity contribution in [3.63, 3.8) is 0 Å². The molecule has 0 atom stereocenters. The quantitative estimate of drug-likeness (QED) is 0.821. The summed E-state index contributed by atoms with van der Waals surface area (Å²) in [4.78, 5) is 8.29. The van der Waals surface area contributed by atoms with Crippen LogP contribution in [0.25, 0.3) is 11.5 Å². The topological polar surface area (TPSA) is 77.8 Å². The van der Waals surface area contributed by atoms with Crippen LogP contribution in [0.15, 0.2) is 23.0 Å². The molecule has 2 heterocycles. The second kappa shape index (κ2) is 5.67. The third-order valence-corrected chi connectivity index (χ3v) is 3.21. The van der Waals surface area contributed by atoms with Crippen molar-refractivity contribution in [3.05, 3.63) is 24.3 Å². The maximum atomic E-state index is 5.64. The molecule has 0 fully saturated rings. The van der Waals surface area contributed by atoms with Crippen molar-refractivity contribution in [2.75, 3.05) is 11.5 Å². The van der Waals surface area contributed by atoms with E-state index in [0.29, 0.717) is 17.4 Å². The summed E-state index contributed by atoms with van der Waals surface area (Å²) in [5.74, 6) is 3.05. The van der Waals surface area contributed by atoms with Crippen LogP contribution in [-0.4, -0.2) is 20.9 Å². The Bertz CT molecular complexity index is 486. The lowest BCUT2D eigenvalue weighted by atomic mass is 10.2. The Morgan fingerprint density at radius 3 is 3.06 bits per heavy atom. The van der Waals surface area contributed by atoms with E-state index in [1.165, 1.54) is 0 Å². The van der Waals surface area contributed by atoms with Gasteiger partial charge < -0.3 is 10.3 Å². The van der Waals surface area contributed by atoms with Gasteiger partial charge in [0.15, 0.2) is 5.82 Å². The molecule has 0 aliphatic rings. The monoisotopic (exact) mass is 250 g/mol. The predicted octanol–water partition coefficient (Wildman–Crippen LogP) is 2.36. The summed E-state index contributed by atoms with van der Waals surface area (Å²) in [7, 11) is 0. The number of aromatic nitrogens is 3. The molecule has 0 aromatic carbocycles. The molecule has 90 valence electrons. The van der Waals surface area contributed by atoms with Crippen molar-refractivity contribution in [2.45, 2.75) is 19.1 Å². The van der Waals surface area contributed by atoms with Gasteiger partial charge in [0.1, 0.15) is 0 Å². The molecule has 0 radical (unpaired) electrons. The summed E-state index contributed by atoms with van der Waals surface area (Å²) >= 11 is 1.79. The number of pyridine rings is 1. The Balaban J connectivity index is 2.07. The SMILES string of the molecule is CCCSCc1noc(-c2cncc(N)c2)n1. The fraction of sp³-hybridized carbons (Fsp3) is 0.364. The van der Waals surface area contributed by atoms with Crippen molar-refractivity contribution in [1.82, 2.24) is 15.1 Å². The Kier molecular flexibility index (Phi) is 3.98. The Labute approximate surface area is 104 Å². The highest BCUT2D eigenvalue weighted by atomic mass is 32.2. The minimum atomic E-state index is 0.469. The van der Waals surface area contributed by atoms with E-state index in [1.807, 2.05) is 0 Å². The summed E-state index contributed by atoms with van der Waals surface area (Å²) in [6, 6.07) is 1.77. The first-order valence-corrected chi connectivity index (χ1v) is 6.56. The number of hydrogen-bond donors (Lipinski definition) is 1. The fourth-order valence-corrected chi connectivity index (χ4v) is 2.05. The summed E-state index contributed by atoms with van der Waals surface area (Å²) in [6.07, 6.45) is 4.39. The number of nitrogens with two attached hydrogens (primary N) is 1. The third-order valence-electron chi connectivity index (χ3n) is 2.05. The van der Waals surface area contributed by atoms with E-state index in [-0.39, 0.29) is 0 Å². The zero-order valence-electron chi connectivity index (χ0n) is 9.59. The first-order valence-electron chi connectivity index (χ1n) is 5.41. The van der Waals surface area contributed by atoms with Crippen LogP contribution < -0.4 is 5.73 Å². The Morgan fingerprint density at radius 2 is 2.29 bits per heavy atom. The second-order valence-corrected chi connectivity index (χ2v) is 4.68. The molecule has 0 spiro atoms. The van der Waals surface area contributed by atoms with Gasteiger partial charge in [0.05, 0.1) is 17.0 Å². The molecule has 0 saturated carbocycles. The standard InChI is InChI=1S/C11H14N4OS/c1-2-3-17-7-10-14-11(16-15-10)8-4-9(12)6-13-5-8/h4-6H,2-3,7,12H2,1H3. The van der Waals surface area contributed by atoms with Crippen molar-refractivity contribution in [1.29, 1.82) is 0 Å². The maximum Gasteiger partial charge on any atom is 0.259 e. The molecule has 0 amide bonds. The highest BCUT2D eigenvalue weighted by Gasteiger charge is 2.09. The Morgan fingerprint density at radius 1 is 1.41 bits per heavy atom. The lowest BCUT2D eigenvalue weighted by molar-refractivity contribution is 0.425. The summed E-state index contributed by atoms with van der Waals surface area (Å²) in [5.41, 5.74) is 6.98. The first kappa shape index (κ1) is 11.9. The van der Waals surface area contributed by atoms with E-state index >= 15 is 0 Å². The number of hydrogen-bond acceptors (Lipinski definition) is 6. The van der Waals surface area contributed by atoms with Crippen LogP contribution in [0.4, 0.5) is 5.69 Å². The summed E-state index contributed by atoms with van der Waals surface area (Å²) in [5, 5.41) is 3.92. The fourth-order valence-electron chi connectivity index (χ4n) is 1.31. The average Bonchev–Trinajstić information content (AvgIpc) is 2.78.